The molecule has 1 aromatic heterocycles. The monoisotopic (exact) mass is 474 g/mol. The fourth-order valence-electron chi connectivity index (χ4n) is 3.38. The molecule has 0 aliphatic heterocycles. The molecule has 1 heterocycles. The molecular formula is C23H25F3N6O2. The van der Waals surface area contributed by atoms with E-state index in [9.17, 15) is 23.1 Å². The van der Waals surface area contributed by atoms with Crippen molar-refractivity contribution < 1.29 is 23.1 Å². The van der Waals surface area contributed by atoms with Gasteiger partial charge in [-0.25, -0.2) is 5.84 Å². The number of aromatic nitrogens is 1. The minimum absolute atomic E-state index is 0.0314. The van der Waals surface area contributed by atoms with E-state index in [1.807, 2.05) is 12.2 Å². The number of nitrogens with zero attached hydrogens (tertiary/aromatic N) is 2. The number of fused-ring (bicyclic) bond motifs is 1. The first-order valence-corrected chi connectivity index (χ1v) is 10.3. The molecule has 3 rings (SSSR count). The predicted molar refractivity (Wildman–Crippen MR) is 125 cm³/mol. The summed E-state index contributed by atoms with van der Waals surface area (Å²) in [5.74, 6) is 4.55. The fourth-order valence-corrected chi connectivity index (χ4v) is 3.38. The summed E-state index contributed by atoms with van der Waals surface area (Å²) in [5.41, 5.74) is 9.25. The molecule has 3 aromatic rings. The lowest BCUT2D eigenvalue weighted by Crippen LogP contribution is -2.33. The number of hydrogen-bond donors (Lipinski definition) is 5. The molecule has 0 unspecified atom stereocenters. The van der Waals surface area contributed by atoms with Crippen molar-refractivity contribution in [3.05, 3.63) is 65.4 Å². The molecule has 34 heavy (non-hydrogen) atoms. The Balaban J connectivity index is 1.96. The first kappa shape index (κ1) is 24.6. The summed E-state index contributed by atoms with van der Waals surface area (Å²) in [6.07, 6.45) is -2.51. The second-order valence-corrected chi connectivity index (χ2v) is 7.62. The first-order valence-electron chi connectivity index (χ1n) is 10.3. The molecule has 180 valence electrons. The third kappa shape index (κ3) is 5.87. The lowest BCUT2D eigenvalue weighted by atomic mass is 10.0. The zero-order chi connectivity index (χ0) is 25.0. The highest BCUT2D eigenvalue weighted by Crippen LogP contribution is 2.31. The lowest BCUT2D eigenvalue weighted by molar-refractivity contribution is -0.123. The van der Waals surface area contributed by atoms with Crippen LogP contribution in [0.3, 0.4) is 0 Å². The Morgan fingerprint density at radius 1 is 1.21 bits per heavy atom. The van der Waals surface area contributed by atoms with Crippen LogP contribution in [0.25, 0.3) is 16.6 Å². The van der Waals surface area contributed by atoms with Gasteiger partial charge in [0, 0.05) is 29.7 Å². The summed E-state index contributed by atoms with van der Waals surface area (Å²) in [7, 11) is 1.65. The molecule has 0 spiro atoms. The Morgan fingerprint density at radius 3 is 2.44 bits per heavy atom. The smallest absolute Gasteiger partial charge is 0.405 e. The largest absolute Gasteiger partial charge is 0.494 e. The molecule has 8 nitrogen and oxygen atoms in total. The summed E-state index contributed by atoms with van der Waals surface area (Å²) in [5, 5.41) is 14.2. The van der Waals surface area contributed by atoms with Crippen molar-refractivity contribution in [3.63, 3.8) is 0 Å². The number of carbonyl (C=O) groups is 1. The zero-order valence-corrected chi connectivity index (χ0v) is 18.6. The van der Waals surface area contributed by atoms with Crippen LogP contribution in [-0.4, -0.2) is 46.5 Å². The summed E-state index contributed by atoms with van der Waals surface area (Å²) < 4.78 is 37.3. The Hall–Kier alpha value is -3.99. The molecule has 0 bridgehead atoms. The maximum atomic E-state index is 12.4. The van der Waals surface area contributed by atoms with E-state index in [-0.39, 0.29) is 11.4 Å². The van der Waals surface area contributed by atoms with Crippen molar-refractivity contribution in [1.29, 1.82) is 0 Å². The van der Waals surface area contributed by atoms with Crippen LogP contribution in [0.1, 0.15) is 34.8 Å². The van der Waals surface area contributed by atoms with Crippen LogP contribution in [0, 0.1) is 0 Å². The summed E-state index contributed by atoms with van der Waals surface area (Å²) in [6, 6.07) is 11.4. The van der Waals surface area contributed by atoms with Gasteiger partial charge < -0.3 is 26.1 Å². The molecule has 7 N–H and O–H groups in total. The van der Waals surface area contributed by atoms with Crippen LogP contribution in [0.5, 0.6) is 5.88 Å². The zero-order valence-electron chi connectivity index (χ0n) is 18.6. The number of nitrogens with one attached hydrogen (secondary N) is 2. The van der Waals surface area contributed by atoms with Crippen molar-refractivity contribution in [2.75, 3.05) is 13.6 Å². The van der Waals surface area contributed by atoms with E-state index >= 15 is 0 Å². The molecule has 0 aliphatic rings. The van der Waals surface area contributed by atoms with Crippen LogP contribution in [0.2, 0.25) is 0 Å². The van der Waals surface area contributed by atoms with Crippen molar-refractivity contribution >= 4 is 33.9 Å². The van der Waals surface area contributed by atoms with Gasteiger partial charge in [0.05, 0.1) is 22.7 Å². The molecule has 11 heteroatoms. The SMILES string of the molecule is CCC(=Nc1ccc(/C(N)=C/N(C)N)cc1)c1c(O)[nH]c2ccc(C(=O)NCC(F)(F)F)cc12. The van der Waals surface area contributed by atoms with Crippen LogP contribution < -0.4 is 16.9 Å². The maximum Gasteiger partial charge on any atom is 0.405 e. The number of amides is 1. The number of nitrogens with two attached hydrogens (primary N) is 2. The van der Waals surface area contributed by atoms with Gasteiger partial charge in [-0.15, -0.1) is 0 Å². The summed E-state index contributed by atoms with van der Waals surface area (Å²) >= 11 is 0. The number of aliphatic imine (C=N–C) groups is 1. The van der Waals surface area contributed by atoms with E-state index in [2.05, 4.69) is 9.98 Å². The Morgan fingerprint density at radius 2 is 1.85 bits per heavy atom. The highest BCUT2D eigenvalue weighted by Gasteiger charge is 2.28. The second-order valence-electron chi connectivity index (χ2n) is 7.62. The Labute approximate surface area is 193 Å². The molecule has 0 fully saturated rings. The van der Waals surface area contributed by atoms with Crippen molar-refractivity contribution in [2.24, 2.45) is 16.6 Å². The number of halogens is 3. The maximum absolute atomic E-state index is 12.4. The van der Waals surface area contributed by atoms with E-state index in [0.717, 1.165) is 5.56 Å². The van der Waals surface area contributed by atoms with E-state index < -0.39 is 18.6 Å². The minimum atomic E-state index is -4.52. The fraction of sp³-hybridized carbons (Fsp3) is 0.217. The minimum Gasteiger partial charge on any atom is -0.494 e. The Kier molecular flexibility index (Phi) is 7.16. The molecule has 1 amide bonds. The molecule has 0 atom stereocenters. The molecular weight excluding hydrogens is 449 g/mol. The van der Waals surface area contributed by atoms with Crippen molar-refractivity contribution in [1.82, 2.24) is 15.3 Å². The van der Waals surface area contributed by atoms with E-state index in [4.69, 9.17) is 11.6 Å². The van der Waals surface area contributed by atoms with E-state index in [1.165, 1.54) is 23.2 Å². The average molecular weight is 474 g/mol. The topological polar surface area (TPSA) is 133 Å². The van der Waals surface area contributed by atoms with Crippen LogP contribution in [-0.2, 0) is 0 Å². The average Bonchev–Trinajstić information content (AvgIpc) is 3.10. The number of alkyl halides is 3. The number of rotatable bonds is 7. The molecule has 0 aliphatic carbocycles. The van der Waals surface area contributed by atoms with Gasteiger partial charge >= 0.3 is 6.18 Å². The number of benzene rings is 2. The number of carbonyl (C=O) groups excluding carboxylic acids is 1. The Bertz CT molecular complexity index is 1240. The van der Waals surface area contributed by atoms with Gasteiger partial charge in [-0.1, -0.05) is 19.1 Å². The summed E-state index contributed by atoms with van der Waals surface area (Å²) in [4.78, 5) is 19.6. The number of hydrogen-bond acceptors (Lipinski definition) is 6. The highest BCUT2D eigenvalue weighted by molar-refractivity contribution is 6.14. The van der Waals surface area contributed by atoms with Crippen molar-refractivity contribution in [3.8, 4) is 5.88 Å². The molecule has 0 radical (unpaired) electrons. The van der Waals surface area contributed by atoms with Gasteiger partial charge in [0.2, 0.25) is 0 Å². The van der Waals surface area contributed by atoms with Gasteiger partial charge in [-0.3, -0.25) is 9.79 Å². The number of hydrazine groups is 1. The number of aromatic hydroxyl groups is 1. The predicted octanol–water partition coefficient (Wildman–Crippen LogP) is 3.76. The standard InChI is InChI=1S/C23H25F3N6O2/c1-3-18(30-15-7-4-13(5-8-15)17(27)11-32(2)28)20-16-10-14(6-9-19(16)31-22(20)34)21(33)29-12-23(24,25)26/h4-11,31,34H,3,12,27-28H2,1-2H3,(H,29,33)/b17-11-,30-18?. The van der Waals surface area contributed by atoms with Crippen molar-refractivity contribution in [2.45, 2.75) is 19.5 Å². The quantitative estimate of drug-likeness (QED) is 0.202. The third-order valence-electron chi connectivity index (χ3n) is 4.92. The van der Waals surface area contributed by atoms with Crippen LogP contribution in [0.4, 0.5) is 18.9 Å². The normalized spacial score (nSPS) is 12.8. The molecule has 0 saturated carbocycles. The molecule has 2 aromatic carbocycles. The first-order chi connectivity index (χ1) is 16.0. The molecule has 0 saturated heterocycles. The van der Waals surface area contributed by atoms with Gasteiger partial charge in [-0.05, 0) is 42.3 Å². The van der Waals surface area contributed by atoms with E-state index in [1.54, 1.807) is 37.5 Å². The van der Waals surface area contributed by atoms with Gasteiger partial charge in [0.1, 0.15) is 6.54 Å². The number of H-pyrrole nitrogens is 1. The highest BCUT2D eigenvalue weighted by atomic mass is 19.4. The third-order valence-corrected chi connectivity index (χ3v) is 4.92. The van der Waals surface area contributed by atoms with Gasteiger partial charge in [-0.2, -0.15) is 13.2 Å². The van der Waals surface area contributed by atoms with Gasteiger partial charge in [0.15, 0.2) is 5.88 Å². The lowest BCUT2D eigenvalue weighted by Gasteiger charge is -2.09. The van der Waals surface area contributed by atoms with Crippen LogP contribution >= 0.6 is 0 Å². The second kappa shape index (κ2) is 9.87. The number of aromatic amines is 1. The van der Waals surface area contributed by atoms with Crippen LogP contribution in [0.15, 0.2) is 53.7 Å². The van der Waals surface area contributed by atoms with E-state index in [0.29, 0.717) is 40.0 Å². The summed E-state index contributed by atoms with van der Waals surface area (Å²) in [6.45, 7) is 0.414. The van der Waals surface area contributed by atoms with Gasteiger partial charge in [0.25, 0.3) is 5.91 Å².